The molecule has 1 aliphatic heterocycles. The summed E-state index contributed by atoms with van der Waals surface area (Å²) in [6.45, 7) is 1.63. The largest absolute Gasteiger partial charge is 0.441 e. The first-order valence-electron chi connectivity index (χ1n) is 5.32. The van der Waals surface area contributed by atoms with Crippen LogP contribution < -0.4 is 4.90 Å². The second kappa shape index (κ2) is 4.55. The Labute approximate surface area is 98.6 Å². The zero-order valence-corrected chi connectivity index (χ0v) is 9.42. The Bertz CT molecular complexity index is 440. The number of rotatable bonds is 3. The highest BCUT2D eigenvalue weighted by molar-refractivity contribution is 5.95. The minimum Gasteiger partial charge on any atom is -0.441 e. The topological polar surface area (TPSA) is 66.8 Å². The van der Waals surface area contributed by atoms with Gasteiger partial charge in [-0.15, -0.1) is 0 Å². The third kappa shape index (κ3) is 2.29. The van der Waals surface area contributed by atoms with Crippen molar-refractivity contribution in [1.82, 2.24) is 0 Å². The highest BCUT2D eigenvalue weighted by Gasteiger charge is 2.31. The maximum absolute atomic E-state index is 11.5. The molecule has 5 heteroatoms. The van der Waals surface area contributed by atoms with E-state index in [1.54, 1.807) is 24.3 Å². The number of aliphatic hydroxyl groups is 1. The van der Waals surface area contributed by atoms with Gasteiger partial charge in [-0.05, 0) is 31.2 Å². The van der Waals surface area contributed by atoms with Gasteiger partial charge in [0.15, 0.2) is 5.78 Å². The number of hydrogen-bond donors (Lipinski definition) is 1. The molecule has 1 atom stereocenters. The van der Waals surface area contributed by atoms with Crippen molar-refractivity contribution in [2.45, 2.75) is 13.0 Å². The molecule has 0 radical (unpaired) electrons. The fourth-order valence-corrected chi connectivity index (χ4v) is 1.70. The van der Waals surface area contributed by atoms with Gasteiger partial charge in [0.05, 0.1) is 13.2 Å². The van der Waals surface area contributed by atoms with Gasteiger partial charge in [0.1, 0.15) is 6.10 Å². The summed E-state index contributed by atoms with van der Waals surface area (Å²) < 4.78 is 4.93. The van der Waals surface area contributed by atoms with Crippen LogP contribution in [0.3, 0.4) is 0 Å². The van der Waals surface area contributed by atoms with Crippen LogP contribution in [0.15, 0.2) is 24.3 Å². The van der Waals surface area contributed by atoms with Crippen molar-refractivity contribution in [3.8, 4) is 0 Å². The minimum atomic E-state index is -0.477. The lowest BCUT2D eigenvalue weighted by Gasteiger charge is -2.12. The predicted octanol–water partition coefficient (Wildman–Crippen LogP) is 1.21. The van der Waals surface area contributed by atoms with E-state index < -0.39 is 12.2 Å². The Morgan fingerprint density at radius 1 is 1.47 bits per heavy atom. The third-order valence-electron chi connectivity index (χ3n) is 2.66. The van der Waals surface area contributed by atoms with Gasteiger partial charge < -0.3 is 9.84 Å². The first-order valence-corrected chi connectivity index (χ1v) is 5.32. The highest BCUT2D eigenvalue weighted by atomic mass is 16.6. The van der Waals surface area contributed by atoms with E-state index in [1.165, 1.54) is 11.8 Å². The second-order valence-electron chi connectivity index (χ2n) is 3.90. The van der Waals surface area contributed by atoms with E-state index in [4.69, 9.17) is 9.84 Å². The first kappa shape index (κ1) is 11.6. The van der Waals surface area contributed by atoms with Gasteiger partial charge >= 0.3 is 6.09 Å². The summed E-state index contributed by atoms with van der Waals surface area (Å²) in [4.78, 5) is 24.0. The lowest BCUT2D eigenvalue weighted by Crippen LogP contribution is -2.25. The van der Waals surface area contributed by atoms with E-state index in [9.17, 15) is 9.59 Å². The van der Waals surface area contributed by atoms with E-state index in [-0.39, 0.29) is 12.4 Å². The molecule has 0 bridgehead atoms. The van der Waals surface area contributed by atoms with Crippen molar-refractivity contribution in [3.05, 3.63) is 29.8 Å². The Kier molecular flexibility index (Phi) is 3.10. The van der Waals surface area contributed by atoms with Crippen LogP contribution in [0.4, 0.5) is 10.5 Å². The number of benzene rings is 1. The quantitative estimate of drug-likeness (QED) is 0.799. The molecule has 1 N–H and O–H groups in total. The van der Waals surface area contributed by atoms with Gasteiger partial charge in [0, 0.05) is 11.3 Å². The number of ketones is 1. The summed E-state index contributed by atoms with van der Waals surface area (Å²) in [6.07, 6.45) is -0.949. The van der Waals surface area contributed by atoms with Crippen LogP contribution in [-0.2, 0) is 4.74 Å². The number of cyclic esters (lactones) is 1. The molecule has 2 rings (SSSR count). The SMILES string of the molecule is CC(=O)c1ccc(N2C[C@H](CO)OC2=O)cc1. The Morgan fingerprint density at radius 2 is 2.12 bits per heavy atom. The van der Waals surface area contributed by atoms with Crippen LogP contribution in [0.25, 0.3) is 0 Å². The van der Waals surface area contributed by atoms with E-state index in [2.05, 4.69) is 0 Å². The summed E-state index contributed by atoms with van der Waals surface area (Å²) in [5.41, 5.74) is 1.26. The van der Waals surface area contributed by atoms with Crippen LogP contribution in [0, 0.1) is 0 Å². The summed E-state index contributed by atoms with van der Waals surface area (Å²) in [6, 6.07) is 6.71. The number of anilines is 1. The van der Waals surface area contributed by atoms with Crippen LogP contribution in [0.5, 0.6) is 0 Å². The van der Waals surface area contributed by atoms with Crippen LogP contribution in [-0.4, -0.2) is 36.2 Å². The first-order chi connectivity index (χ1) is 8.11. The molecule has 0 spiro atoms. The average Bonchev–Trinajstić information content (AvgIpc) is 2.71. The zero-order chi connectivity index (χ0) is 12.4. The normalized spacial score (nSPS) is 19.3. The molecule has 0 aliphatic carbocycles. The lowest BCUT2D eigenvalue weighted by molar-refractivity contribution is 0.0963. The number of ether oxygens (including phenoxy) is 1. The van der Waals surface area contributed by atoms with Crippen LogP contribution >= 0.6 is 0 Å². The van der Waals surface area contributed by atoms with Crippen molar-refractivity contribution in [2.75, 3.05) is 18.1 Å². The molecular formula is C12H13NO4. The van der Waals surface area contributed by atoms with Gasteiger partial charge in [-0.3, -0.25) is 9.69 Å². The van der Waals surface area contributed by atoms with E-state index in [0.29, 0.717) is 17.8 Å². The number of aliphatic hydroxyl groups excluding tert-OH is 1. The monoisotopic (exact) mass is 235 g/mol. The van der Waals surface area contributed by atoms with Gasteiger partial charge in [0.25, 0.3) is 0 Å². The average molecular weight is 235 g/mol. The predicted molar refractivity (Wildman–Crippen MR) is 61.1 cm³/mol. The standard InChI is InChI=1S/C12H13NO4/c1-8(15)9-2-4-10(5-3-9)13-6-11(7-14)17-12(13)16/h2-5,11,14H,6-7H2,1H3/t11-/m1/s1. The van der Waals surface area contributed by atoms with E-state index in [1.807, 2.05) is 0 Å². The summed E-state index contributed by atoms with van der Waals surface area (Å²) in [7, 11) is 0. The van der Waals surface area contributed by atoms with Crippen LogP contribution in [0.1, 0.15) is 17.3 Å². The van der Waals surface area contributed by atoms with Crippen molar-refractivity contribution in [3.63, 3.8) is 0 Å². The van der Waals surface area contributed by atoms with Gasteiger partial charge in [-0.2, -0.15) is 0 Å². The maximum Gasteiger partial charge on any atom is 0.414 e. The number of nitrogens with zero attached hydrogens (tertiary/aromatic N) is 1. The third-order valence-corrected chi connectivity index (χ3v) is 2.66. The molecule has 1 aromatic carbocycles. The van der Waals surface area contributed by atoms with Crippen molar-refractivity contribution < 1.29 is 19.4 Å². The Morgan fingerprint density at radius 3 is 2.59 bits per heavy atom. The van der Waals surface area contributed by atoms with E-state index >= 15 is 0 Å². The number of hydrogen-bond acceptors (Lipinski definition) is 4. The molecule has 1 heterocycles. The Balaban J connectivity index is 2.18. The molecule has 0 unspecified atom stereocenters. The maximum atomic E-state index is 11.5. The molecule has 90 valence electrons. The molecule has 1 aromatic rings. The molecule has 1 aliphatic rings. The number of Topliss-reactive ketones (excluding diaryl/α,β-unsaturated/α-hetero) is 1. The molecule has 17 heavy (non-hydrogen) atoms. The van der Waals surface area contributed by atoms with Crippen molar-refractivity contribution in [2.24, 2.45) is 0 Å². The van der Waals surface area contributed by atoms with Gasteiger partial charge in [-0.1, -0.05) is 0 Å². The van der Waals surface area contributed by atoms with Crippen molar-refractivity contribution >= 4 is 17.6 Å². The second-order valence-corrected chi connectivity index (χ2v) is 3.90. The lowest BCUT2D eigenvalue weighted by atomic mass is 10.1. The summed E-state index contributed by atoms with van der Waals surface area (Å²) in [5, 5.41) is 8.92. The molecule has 1 fully saturated rings. The number of carbonyl (C=O) groups excluding carboxylic acids is 2. The zero-order valence-electron chi connectivity index (χ0n) is 9.42. The van der Waals surface area contributed by atoms with Crippen LogP contribution in [0.2, 0.25) is 0 Å². The minimum absolute atomic E-state index is 0.0196. The van der Waals surface area contributed by atoms with Gasteiger partial charge in [0.2, 0.25) is 0 Å². The summed E-state index contributed by atoms with van der Waals surface area (Å²) >= 11 is 0. The molecule has 1 amide bonds. The fraction of sp³-hybridized carbons (Fsp3) is 0.333. The molecule has 0 saturated carbocycles. The smallest absolute Gasteiger partial charge is 0.414 e. The molecular weight excluding hydrogens is 222 g/mol. The highest BCUT2D eigenvalue weighted by Crippen LogP contribution is 2.21. The number of amides is 1. The van der Waals surface area contributed by atoms with Crippen molar-refractivity contribution in [1.29, 1.82) is 0 Å². The summed E-state index contributed by atoms with van der Waals surface area (Å²) in [5.74, 6) is -0.0196. The van der Waals surface area contributed by atoms with E-state index in [0.717, 1.165) is 0 Å². The van der Waals surface area contributed by atoms with Gasteiger partial charge in [-0.25, -0.2) is 4.79 Å². The molecule has 1 saturated heterocycles. The molecule has 0 aromatic heterocycles. The fourth-order valence-electron chi connectivity index (χ4n) is 1.70. The molecule has 5 nitrogen and oxygen atoms in total. The Hall–Kier alpha value is -1.88. The number of carbonyl (C=O) groups is 2.